The van der Waals surface area contributed by atoms with Crippen molar-refractivity contribution in [3.63, 3.8) is 0 Å². The first-order valence-corrected chi connectivity index (χ1v) is 11.3. The molecule has 0 spiro atoms. The topological polar surface area (TPSA) is 90.3 Å². The van der Waals surface area contributed by atoms with Gasteiger partial charge in [0.05, 0.1) is 28.8 Å². The van der Waals surface area contributed by atoms with E-state index in [1.54, 1.807) is 5.38 Å². The number of nitrogens with zero attached hydrogens (tertiary/aromatic N) is 2. The number of hydrogen-bond acceptors (Lipinski definition) is 6. The van der Waals surface area contributed by atoms with Crippen LogP contribution >= 0.6 is 11.3 Å². The number of nitrogens with one attached hydrogen (secondary N) is 1. The Morgan fingerprint density at radius 1 is 1.09 bits per heavy atom. The van der Waals surface area contributed by atoms with Gasteiger partial charge in [-0.25, -0.2) is 13.4 Å². The third-order valence-electron chi connectivity index (χ3n) is 4.58. The maximum absolute atomic E-state index is 13.1. The second-order valence-corrected chi connectivity index (χ2v) is 9.13. The maximum atomic E-state index is 13.1. The van der Waals surface area contributed by atoms with Gasteiger partial charge in [-0.2, -0.15) is 13.2 Å². The summed E-state index contributed by atoms with van der Waals surface area (Å²) in [5.74, 6) is -0.156. The van der Waals surface area contributed by atoms with Gasteiger partial charge in [0.15, 0.2) is 5.13 Å². The van der Waals surface area contributed by atoms with Gasteiger partial charge >= 0.3 is 6.18 Å². The van der Waals surface area contributed by atoms with E-state index >= 15 is 0 Å². The molecule has 0 radical (unpaired) electrons. The molecule has 0 aliphatic rings. The monoisotopic (exact) mass is 481 g/mol. The van der Waals surface area contributed by atoms with E-state index in [1.807, 2.05) is 0 Å². The number of alkyl halides is 3. The highest BCUT2D eigenvalue weighted by Gasteiger charge is 2.31. The van der Waals surface area contributed by atoms with Gasteiger partial charge in [-0.15, -0.1) is 11.3 Å². The number of methoxy groups -OCH3 is 1. The largest absolute Gasteiger partial charge is 0.495 e. The van der Waals surface area contributed by atoms with Crippen LogP contribution in [-0.2, 0) is 16.2 Å². The van der Waals surface area contributed by atoms with Crippen molar-refractivity contribution in [1.82, 2.24) is 9.55 Å². The van der Waals surface area contributed by atoms with Crippen molar-refractivity contribution in [3.05, 3.63) is 76.0 Å². The number of sulfonamides is 1. The Morgan fingerprint density at radius 3 is 2.53 bits per heavy atom. The molecule has 2 heterocycles. The van der Waals surface area contributed by atoms with E-state index in [9.17, 15) is 26.4 Å². The Bertz CT molecular complexity index is 1460. The molecule has 2 aromatic carbocycles. The highest BCUT2D eigenvalue weighted by Crippen LogP contribution is 2.35. The fraction of sp³-hybridized carbons (Fsp3) is 0.100. The normalized spacial score (nSPS) is 12.1. The van der Waals surface area contributed by atoms with Gasteiger partial charge in [0.2, 0.25) is 0 Å². The molecular weight excluding hydrogens is 467 g/mol. The molecule has 166 valence electrons. The Morgan fingerprint density at radius 2 is 1.88 bits per heavy atom. The summed E-state index contributed by atoms with van der Waals surface area (Å²) in [7, 11) is -2.74. The van der Waals surface area contributed by atoms with Crippen molar-refractivity contribution in [2.45, 2.75) is 11.1 Å². The van der Waals surface area contributed by atoms with Crippen molar-refractivity contribution in [3.8, 4) is 11.4 Å². The molecule has 12 heteroatoms. The first-order valence-electron chi connectivity index (χ1n) is 8.94. The number of pyridine rings is 1. The number of aromatic nitrogens is 2. The van der Waals surface area contributed by atoms with Crippen LogP contribution in [0.25, 0.3) is 16.6 Å². The molecule has 32 heavy (non-hydrogen) atoms. The number of halogens is 3. The number of hydrogen-bond donors (Lipinski definition) is 1. The minimum Gasteiger partial charge on any atom is -0.495 e. The summed E-state index contributed by atoms with van der Waals surface area (Å²) in [4.78, 5) is 16.4. The predicted molar refractivity (Wildman–Crippen MR) is 114 cm³/mol. The first kappa shape index (κ1) is 21.8. The zero-order chi connectivity index (χ0) is 23.1. The van der Waals surface area contributed by atoms with Gasteiger partial charge in [-0.1, -0.05) is 0 Å². The van der Waals surface area contributed by atoms with Gasteiger partial charge in [0.1, 0.15) is 5.75 Å². The molecule has 2 aromatic heterocycles. The lowest BCUT2D eigenvalue weighted by atomic mass is 10.1. The Balaban J connectivity index is 1.85. The van der Waals surface area contributed by atoms with Crippen LogP contribution in [0.2, 0.25) is 0 Å². The standard InChI is InChI=1S/C20H14F3N3O4S2/c1-30-17-11-13(20(21,22)23)3-5-16(17)26-15-6-4-14(10-12(15)2-7-18(26)27)32(28,29)25-19-24-8-9-31-19/h2-11H,1H3,(H,24,25). The fourth-order valence-electron chi connectivity index (χ4n) is 3.13. The molecule has 0 amide bonds. The van der Waals surface area contributed by atoms with Crippen LogP contribution < -0.4 is 15.0 Å². The van der Waals surface area contributed by atoms with Crippen LogP contribution in [-0.4, -0.2) is 25.1 Å². The van der Waals surface area contributed by atoms with E-state index < -0.39 is 27.3 Å². The zero-order valence-corrected chi connectivity index (χ0v) is 17.9. The zero-order valence-electron chi connectivity index (χ0n) is 16.3. The van der Waals surface area contributed by atoms with E-state index in [2.05, 4.69) is 9.71 Å². The molecule has 7 nitrogen and oxygen atoms in total. The molecular formula is C20H14F3N3O4S2. The molecule has 0 unspecified atom stereocenters. The predicted octanol–water partition coefficient (Wildman–Crippen LogP) is 4.28. The van der Waals surface area contributed by atoms with Crippen molar-refractivity contribution in [1.29, 1.82) is 0 Å². The molecule has 0 bridgehead atoms. The second-order valence-electron chi connectivity index (χ2n) is 6.55. The summed E-state index contributed by atoms with van der Waals surface area (Å²) in [6.07, 6.45) is -3.12. The number of benzene rings is 2. The Hall–Kier alpha value is -3.38. The van der Waals surface area contributed by atoms with Crippen LogP contribution in [0.5, 0.6) is 5.75 Å². The average Bonchev–Trinajstić information content (AvgIpc) is 3.24. The van der Waals surface area contributed by atoms with E-state index in [0.717, 1.165) is 29.5 Å². The molecule has 0 saturated heterocycles. The lowest BCUT2D eigenvalue weighted by Gasteiger charge is -2.16. The lowest BCUT2D eigenvalue weighted by molar-refractivity contribution is -0.137. The summed E-state index contributed by atoms with van der Waals surface area (Å²) in [5.41, 5.74) is -1.06. The molecule has 0 fully saturated rings. The molecule has 1 N–H and O–H groups in total. The molecule has 0 saturated carbocycles. The summed E-state index contributed by atoms with van der Waals surface area (Å²) >= 11 is 1.12. The average molecular weight is 481 g/mol. The third-order valence-corrected chi connectivity index (χ3v) is 6.73. The van der Waals surface area contributed by atoms with Gasteiger partial charge in [-0.05, 0) is 42.5 Å². The molecule has 4 aromatic rings. The number of ether oxygens (including phenoxy) is 1. The number of rotatable bonds is 5. The lowest BCUT2D eigenvalue weighted by Crippen LogP contribution is -2.19. The third kappa shape index (κ3) is 4.06. The fourth-order valence-corrected chi connectivity index (χ4v) is 4.95. The van der Waals surface area contributed by atoms with E-state index in [4.69, 9.17) is 4.74 Å². The first-order chi connectivity index (χ1) is 15.1. The van der Waals surface area contributed by atoms with Crippen LogP contribution in [0.1, 0.15) is 5.56 Å². The highest BCUT2D eigenvalue weighted by atomic mass is 32.2. The number of anilines is 1. The van der Waals surface area contributed by atoms with Gasteiger partial charge in [-0.3, -0.25) is 14.1 Å². The van der Waals surface area contributed by atoms with Crippen LogP contribution in [0.3, 0.4) is 0 Å². The molecule has 4 rings (SSSR count). The van der Waals surface area contributed by atoms with Gasteiger partial charge in [0.25, 0.3) is 15.6 Å². The van der Waals surface area contributed by atoms with E-state index in [1.165, 1.54) is 48.2 Å². The Labute approximate surface area is 183 Å². The summed E-state index contributed by atoms with van der Waals surface area (Å²) in [6, 6.07) is 9.48. The van der Waals surface area contributed by atoms with E-state index in [0.29, 0.717) is 10.9 Å². The van der Waals surface area contributed by atoms with Gasteiger partial charge < -0.3 is 4.74 Å². The SMILES string of the molecule is COc1cc(C(F)(F)F)ccc1-n1c(=O)ccc2cc(S(=O)(=O)Nc3nccs3)ccc21. The summed E-state index contributed by atoms with van der Waals surface area (Å²) in [5, 5.41) is 2.20. The molecule has 0 aliphatic carbocycles. The van der Waals surface area contributed by atoms with Crippen LogP contribution in [0.15, 0.2) is 69.8 Å². The second kappa shape index (κ2) is 7.95. The number of fused-ring (bicyclic) bond motifs is 1. The smallest absolute Gasteiger partial charge is 0.416 e. The summed E-state index contributed by atoms with van der Waals surface area (Å²) < 4.78 is 73.2. The van der Waals surface area contributed by atoms with Crippen LogP contribution in [0.4, 0.5) is 18.3 Å². The maximum Gasteiger partial charge on any atom is 0.416 e. The minimum absolute atomic E-state index is 0.0650. The quantitative estimate of drug-likeness (QED) is 0.460. The van der Waals surface area contributed by atoms with Crippen molar-refractivity contribution in [2.75, 3.05) is 11.8 Å². The van der Waals surface area contributed by atoms with Crippen molar-refractivity contribution < 1.29 is 26.3 Å². The molecule has 0 aliphatic heterocycles. The summed E-state index contributed by atoms with van der Waals surface area (Å²) in [6.45, 7) is 0. The molecule has 0 atom stereocenters. The highest BCUT2D eigenvalue weighted by molar-refractivity contribution is 7.93. The van der Waals surface area contributed by atoms with E-state index in [-0.39, 0.29) is 21.5 Å². The van der Waals surface area contributed by atoms with Crippen molar-refractivity contribution in [2.24, 2.45) is 0 Å². The van der Waals surface area contributed by atoms with Gasteiger partial charge in [0, 0.05) is 23.0 Å². The number of thiazole rings is 1. The van der Waals surface area contributed by atoms with Crippen LogP contribution in [0, 0.1) is 0 Å². The minimum atomic E-state index is -4.58. The van der Waals surface area contributed by atoms with Crippen molar-refractivity contribution >= 4 is 37.4 Å². The Kier molecular flexibility index (Phi) is 5.42.